The number of fused-ring (bicyclic) bond motifs is 1. The van der Waals surface area contributed by atoms with E-state index in [4.69, 9.17) is 37.1 Å². The first kappa shape index (κ1) is 29.6. The molecule has 6 N–H and O–H groups in total. The van der Waals surface area contributed by atoms with Crippen LogP contribution in [-0.4, -0.2) is 42.9 Å². The van der Waals surface area contributed by atoms with Gasteiger partial charge in [0.1, 0.15) is 11.5 Å². The Morgan fingerprint density at radius 2 is 1.71 bits per heavy atom. The number of nitrogens with zero attached hydrogens (tertiary/aromatic N) is 1. The van der Waals surface area contributed by atoms with Gasteiger partial charge in [0.2, 0.25) is 0 Å². The van der Waals surface area contributed by atoms with Gasteiger partial charge >= 0.3 is 0 Å². The molecule has 1 saturated carbocycles. The minimum absolute atomic E-state index is 0.0666. The Bertz CT molecular complexity index is 1740. The third kappa shape index (κ3) is 7.04. The Morgan fingerprint density at radius 1 is 1.02 bits per heavy atom. The van der Waals surface area contributed by atoms with E-state index in [9.17, 15) is 18.0 Å². The number of ether oxygens (including phenoxy) is 2. The maximum Gasteiger partial charge on any atom is 0.294 e. The first-order chi connectivity index (χ1) is 19.4. The molecule has 5 rings (SSSR count). The number of aromatic nitrogens is 1. The number of methoxy groups -OCH3 is 1. The third-order valence-electron chi connectivity index (χ3n) is 6.12. The van der Waals surface area contributed by atoms with E-state index in [1.165, 1.54) is 19.2 Å². The lowest BCUT2D eigenvalue weighted by molar-refractivity contribution is 0.0949. The number of primary amides is 1. The van der Waals surface area contributed by atoms with Crippen molar-refractivity contribution in [3.63, 3.8) is 0 Å². The predicted octanol–water partition coefficient (Wildman–Crippen LogP) is 4.50. The highest BCUT2D eigenvalue weighted by Crippen LogP contribution is 2.38. The molecule has 0 radical (unpaired) electrons. The zero-order valence-corrected chi connectivity index (χ0v) is 23.6. The molecule has 0 saturated heterocycles. The number of carbonyl (C=O) groups excluding carboxylic acids is 2. The number of amides is 2. The topological polar surface area (TPSA) is 184 Å². The van der Waals surface area contributed by atoms with Gasteiger partial charge in [0.25, 0.3) is 21.9 Å². The van der Waals surface area contributed by atoms with Crippen molar-refractivity contribution in [1.29, 1.82) is 0 Å². The van der Waals surface area contributed by atoms with Crippen LogP contribution in [0.4, 0.5) is 5.69 Å². The molecule has 4 aromatic rings. The fourth-order valence-corrected chi connectivity index (χ4v) is 4.48. The number of benzene rings is 3. The monoisotopic (exact) mass is 598 g/mol. The van der Waals surface area contributed by atoms with E-state index in [1.54, 1.807) is 48.7 Å². The van der Waals surface area contributed by atoms with Gasteiger partial charge in [-0.1, -0.05) is 29.3 Å². The Morgan fingerprint density at radius 3 is 2.29 bits per heavy atom. The number of hydrogen-bond acceptors (Lipinski definition) is 8. The lowest BCUT2D eigenvalue weighted by Gasteiger charge is -2.15. The van der Waals surface area contributed by atoms with Crippen LogP contribution in [-0.2, 0) is 10.1 Å². The Labute approximate surface area is 241 Å². The van der Waals surface area contributed by atoms with E-state index in [0.717, 1.165) is 18.4 Å². The van der Waals surface area contributed by atoms with Gasteiger partial charge in [-0.3, -0.25) is 19.1 Å². The second-order valence-corrected chi connectivity index (χ2v) is 11.0. The third-order valence-corrected chi connectivity index (χ3v) is 7.40. The molecule has 1 heterocycles. The molecule has 0 atom stereocenters. The highest BCUT2D eigenvalue weighted by molar-refractivity contribution is 7.85. The van der Waals surface area contributed by atoms with Crippen molar-refractivity contribution in [3.05, 3.63) is 82.5 Å². The fraction of sp³-hybridized carbons (Fsp3) is 0.179. The normalized spacial score (nSPS) is 12.7. The minimum Gasteiger partial charge on any atom is -0.496 e. The first-order valence-corrected chi connectivity index (χ1v) is 14.1. The van der Waals surface area contributed by atoms with E-state index < -0.39 is 16.0 Å². The SMILES string of the molecule is COc1cc2nccc(Oc3ccc(C(=O)NC4CC4)c(Cl)c3N)c2cc1C(N)=O.Cc1ccc(S(=O)(=O)O)cc1. The largest absolute Gasteiger partial charge is 0.496 e. The van der Waals surface area contributed by atoms with Crippen molar-refractivity contribution in [2.75, 3.05) is 12.8 Å². The van der Waals surface area contributed by atoms with Gasteiger partial charge in [0.15, 0.2) is 5.75 Å². The van der Waals surface area contributed by atoms with E-state index in [0.29, 0.717) is 22.4 Å². The number of nitrogen functional groups attached to an aromatic ring is 1. The number of rotatable bonds is 7. The summed E-state index contributed by atoms with van der Waals surface area (Å²) in [5.74, 6) is 0.0636. The van der Waals surface area contributed by atoms with Crippen molar-refractivity contribution >= 4 is 50.1 Å². The molecule has 2 amide bonds. The zero-order chi connectivity index (χ0) is 29.9. The maximum atomic E-state index is 12.3. The molecule has 0 unspecified atom stereocenters. The van der Waals surface area contributed by atoms with Crippen LogP contribution in [0.25, 0.3) is 10.9 Å². The number of carbonyl (C=O) groups is 2. The first-order valence-electron chi connectivity index (χ1n) is 12.3. The molecule has 0 spiro atoms. The summed E-state index contributed by atoms with van der Waals surface area (Å²) >= 11 is 6.33. The van der Waals surface area contributed by atoms with Gasteiger partial charge in [-0.15, -0.1) is 0 Å². The van der Waals surface area contributed by atoms with Crippen LogP contribution in [0.2, 0.25) is 5.02 Å². The summed E-state index contributed by atoms with van der Waals surface area (Å²) < 4.78 is 40.7. The summed E-state index contributed by atoms with van der Waals surface area (Å²) in [6, 6.07) is 14.1. The summed E-state index contributed by atoms with van der Waals surface area (Å²) in [7, 11) is -2.58. The molecule has 0 aliphatic heterocycles. The molecule has 1 fully saturated rings. The standard InChI is InChI=1S/C21H19ClN4O4.C7H8O3S/c1-29-17-9-14-12(8-13(17)20(24)27)15(6-7-25-14)30-16-5-4-11(18(22)19(16)23)21(28)26-10-2-3-10;1-6-2-4-7(5-3-6)11(8,9)10/h4-10H,2-3,23H2,1H3,(H2,24,27)(H,26,28);2-5H,1H3,(H,8,9,10). The number of anilines is 1. The van der Waals surface area contributed by atoms with Gasteiger partial charge < -0.3 is 26.3 Å². The predicted molar refractivity (Wildman–Crippen MR) is 154 cm³/mol. The van der Waals surface area contributed by atoms with Crippen molar-refractivity contribution in [2.24, 2.45) is 5.73 Å². The van der Waals surface area contributed by atoms with Gasteiger partial charge in [-0.05, 0) is 56.2 Å². The summed E-state index contributed by atoms with van der Waals surface area (Å²) in [5.41, 5.74) is 13.7. The van der Waals surface area contributed by atoms with Crippen LogP contribution in [0.1, 0.15) is 39.1 Å². The smallest absolute Gasteiger partial charge is 0.294 e. The second kappa shape index (κ2) is 12.0. The highest BCUT2D eigenvalue weighted by atomic mass is 35.5. The van der Waals surface area contributed by atoms with Crippen LogP contribution in [0.5, 0.6) is 17.2 Å². The minimum atomic E-state index is -4.02. The summed E-state index contributed by atoms with van der Waals surface area (Å²) in [5, 5.41) is 3.53. The van der Waals surface area contributed by atoms with E-state index >= 15 is 0 Å². The van der Waals surface area contributed by atoms with E-state index in [-0.39, 0.29) is 44.4 Å². The van der Waals surface area contributed by atoms with E-state index in [2.05, 4.69) is 10.3 Å². The average Bonchev–Trinajstić information content (AvgIpc) is 3.74. The second-order valence-electron chi connectivity index (χ2n) is 9.22. The summed E-state index contributed by atoms with van der Waals surface area (Å²) in [4.78, 5) is 28.3. The molecule has 1 aliphatic carbocycles. The van der Waals surface area contributed by atoms with Crippen molar-refractivity contribution in [1.82, 2.24) is 10.3 Å². The number of nitrogens with one attached hydrogen (secondary N) is 1. The number of halogens is 1. The Kier molecular flexibility index (Phi) is 8.66. The van der Waals surface area contributed by atoms with Crippen LogP contribution in [0.15, 0.2) is 65.7 Å². The summed E-state index contributed by atoms with van der Waals surface area (Å²) in [6.45, 7) is 1.84. The quantitative estimate of drug-likeness (QED) is 0.175. The molecule has 214 valence electrons. The molecule has 3 aromatic carbocycles. The van der Waals surface area contributed by atoms with Gasteiger partial charge in [0, 0.05) is 23.7 Å². The van der Waals surface area contributed by atoms with Crippen LogP contribution < -0.4 is 26.3 Å². The van der Waals surface area contributed by atoms with Crippen molar-refractivity contribution in [3.8, 4) is 17.2 Å². The lowest BCUT2D eigenvalue weighted by Crippen LogP contribution is -2.25. The van der Waals surface area contributed by atoms with Gasteiger partial charge in [-0.2, -0.15) is 8.42 Å². The van der Waals surface area contributed by atoms with Crippen molar-refractivity contribution in [2.45, 2.75) is 30.7 Å². The maximum absolute atomic E-state index is 12.3. The molecule has 11 nitrogen and oxygen atoms in total. The fourth-order valence-electron chi connectivity index (χ4n) is 3.76. The Balaban J connectivity index is 0.000000296. The number of pyridine rings is 1. The molecule has 13 heteroatoms. The van der Waals surface area contributed by atoms with Gasteiger partial charge in [0.05, 0.1) is 39.4 Å². The van der Waals surface area contributed by atoms with Crippen LogP contribution >= 0.6 is 11.6 Å². The molecular formula is C28H27ClN4O7S. The number of nitrogens with two attached hydrogens (primary N) is 2. The van der Waals surface area contributed by atoms with Crippen LogP contribution in [0, 0.1) is 6.92 Å². The molecule has 0 bridgehead atoms. The lowest BCUT2D eigenvalue weighted by atomic mass is 10.1. The zero-order valence-electron chi connectivity index (χ0n) is 22.0. The van der Waals surface area contributed by atoms with Crippen LogP contribution in [0.3, 0.4) is 0 Å². The number of hydrogen-bond donors (Lipinski definition) is 4. The number of aryl methyl sites for hydroxylation is 1. The molecule has 1 aromatic heterocycles. The molecular weight excluding hydrogens is 572 g/mol. The molecule has 41 heavy (non-hydrogen) atoms. The highest BCUT2D eigenvalue weighted by Gasteiger charge is 2.26. The summed E-state index contributed by atoms with van der Waals surface area (Å²) in [6.07, 6.45) is 3.48. The van der Waals surface area contributed by atoms with Crippen molar-refractivity contribution < 1.29 is 32.0 Å². The molecule has 1 aliphatic rings. The average molecular weight is 599 g/mol. The van der Waals surface area contributed by atoms with Gasteiger partial charge in [-0.25, -0.2) is 0 Å². The van der Waals surface area contributed by atoms with E-state index in [1.807, 2.05) is 6.92 Å². The Hall–Kier alpha value is -4.39.